The molecular weight excluding hydrogens is 260 g/mol. The van der Waals surface area contributed by atoms with Gasteiger partial charge in [-0.1, -0.05) is 12.2 Å². The van der Waals surface area contributed by atoms with Gasteiger partial charge in [-0.3, -0.25) is 0 Å². The number of amides is 2. The van der Waals surface area contributed by atoms with E-state index in [1.54, 1.807) is 21.6 Å². The molecule has 0 aliphatic heterocycles. The van der Waals surface area contributed by atoms with Crippen molar-refractivity contribution in [2.45, 2.75) is 6.54 Å². The molecule has 1 aromatic heterocycles. The number of hydrogen-bond donors (Lipinski definition) is 2. The summed E-state index contributed by atoms with van der Waals surface area (Å²) >= 11 is 0. The topological polar surface area (TPSA) is 87.5 Å². The molecule has 108 valence electrons. The number of carbonyl (C=O) groups is 2. The Hall–Kier alpha value is -2.57. The summed E-state index contributed by atoms with van der Waals surface area (Å²) in [7, 11) is 0. The van der Waals surface area contributed by atoms with Crippen molar-refractivity contribution in [3.8, 4) is 0 Å². The van der Waals surface area contributed by atoms with Crippen LogP contribution in [0.15, 0.2) is 37.8 Å². The van der Waals surface area contributed by atoms with Crippen molar-refractivity contribution >= 4 is 12.0 Å². The number of aromatic nitrogens is 2. The van der Waals surface area contributed by atoms with Crippen LogP contribution in [0.3, 0.4) is 0 Å². The number of carbonyl (C=O) groups excluding carboxylic acids is 1. The second-order valence-corrected chi connectivity index (χ2v) is 4.02. The summed E-state index contributed by atoms with van der Waals surface area (Å²) in [6, 6.07) is -0.219. The second-order valence-electron chi connectivity index (χ2n) is 4.02. The number of imidazole rings is 1. The molecule has 0 aromatic carbocycles. The summed E-state index contributed by atoms with van der Waals surface area (Å²) in [5.41, 5.74) is -0.0173. The van der Waals surface area contributed by atoms with Crippen LogP contribution in [0.1, 0.15) is 10.5 Å². The Bertz CT molecular complexity index is 486. The van der Waals surface area contributed by atoms with Gasteiger partial charge in [0.05, 0.1) is 6.33 Å². The molecule has 2 N–H and O–H groups in total. The lowest BCUT2D eigenvalue weighted by Gasteiger charge is -2.19. The van der Waals surface area contributed by atoms with Crippen LogP contribution in [-0.2, 0) is 6.54 Å². The molecule has 0 fully saturated rings. The molecule has 0 aliphatic carbocycles. The zero-order valence-electron chi connectivity index (χ0n) is 11.2. The molecule has 20 heavy (non-hydrogen) atoms. The van der Waals surface area contributed by atoms with Crippen LogP contribution < -0.4 is 5.32 Å². The number of hydrogen-bond acceptors (Lipinski definition) is 3. The molecule has 0 atom stereocenters. The third kappa shape index (κ3) is 4.60. The number of rotatable bonds is 8. The zero-order chi connectivity index (χ0) is 15.0. The predicted octanol–water partition coefficient (Wildman–Crippen LogP) is 0.965. The Kier molecular flexibility index (Phi) is 6.02. The first-order chi connectivity index (χ1) is 9.58. The molecule has 1 aromatic rings. The van der Waals surface area contributed by atoms with Gasteiger partial charge in [-0.15, -0.1) is 13.2 Å². The molecule has 0 unspecified atom stereocenters. The highest BCUT2D eigenvalue weighted by Crippen LogP contribution is 1.96. The van der Waals surface area contributed by atoms with Gasteiger partial charge >= 0.3 is 12.0 Å². The van der Waals surface area contributed by atoms with Gasteiger partial charge in [0.2, 0.25) is 0 Å². The summed E-state index contributed by atoms with van der Waals surface area (Å²) in [4.78, 5) is 27.8. The maximum Gasteiger partial charge on any atom is 0.356 e. The van der Waals surface area contributed by atoms with Gasteiger partial charge in [-0.25, -0.2) is 14.6 Å². The third-order valence-corrected chi connectivity index (χ3v) is 2.48. The van der Waals surface area contributed by atoms with Crippen molar-refractivity contribution in [1.82, 2.24) is 19.8 Å². The van der Waals surface area contributed by atoms with Crippen LogP contribution in [0.2, 0.25) is 0 Å². The quantitative estimate of drug-likeness (QED) is 0.693. The highest BCUT2D eigenvalue weighted by Gasteiger charge is 2.10. The van der Waals surface area contributed by atoms with Crippen molar-refractivity contribution in [3.63, 3.8) is 0 Å². The molecule has 2 amide bonds. The average molecular weight is 278 g/mol. The van der Waals surface area contributed by atoms with Crippen molar-refractivity contribution < 1.29 is 14.7 Å². The normalized spacial score (nSPS) is 9.80. The van der Waals surface area contributed by atoms with Gasteiger partial charge in [0.15, 0.2) is 5.69 Å². The fourth-order valence-corrected chi connectivity index (χ4v) is 1.55. The smallest absolute Gasteiger partial charge is 0.356 e. The highest BCUT2D eigenvalue weighted by atomic mass is 16.4. The first-order valence-electron chi connectivity index (χ1n) is 6.08. The lowest BCUT2D eigenvalue weighted by atomic mass is 10.4. The first kappa shape index (κ1) is 15.5. The molecule has 1 rings (SSSR count). The predicted molar refractivity (Wildman–Crippen MR) is 74.6 cm³/mol. The monoisotopic (exact) mass is 278 g/mol. The third-order valence-electron chi connectivity index (χ3n) is 2.48. The van der Waals surface area contributed by atoms with E-state index in [1.165, 1.54) is 12.5 Å². The summed E-state index contributed by atoms with van der Waals surface area (Å²) in [5.74, 6) is -1.07. The minimum atomic E-state index is -1.07. The van der Waals surface area contributed by atoms with Crippen molar-refractivity contribution in [2.75, 3.05) is 19.6 Å². The summed E-state index contributed by atoms with van der Waals surface area (Å²) in [5, 5.41) is 11.5. The standard InChI is InChI=1S/C13H18N4O3/c1-3-6-17(7-4-2)13(20)14-5-8-16-9-11(12(18)19)15-10-16/h3-4,9-10H,1-2,5-8H2,(H,14,20)(H,18,19). The fourth-order valence-electron chi connectivity index (χ4n) is 1.55. The fraction of sp³-hybridized carbons (Fsp3) is 0.308. The van der Waals surface area contributed by atoms with Gasteiger partial charge in [-0.05, 0) is 0 Å². The van der Waals surface area contributed by atoms with Gasteiger partial charge in [0.25, 0.3) is 0 Å². The maximum absolute atomic E-state index is 11.8. The van der Waals surface area contributed by atoms with E-state index in [1.807, 2.05) is 0 Å². The molecule has 1 heterocycles. The molecule has 0 spiro atoms. The van der Waals surface area contributed by atoms with Crippen LogP contribution in [0.5, 0.6) is 0 Å². The van der Waals surface area contributed by atoms with E-state index < -0.39 is 5.97 Å². The number of urea groups is 1. The van der Waals surface area contributed by atoms with E-state index >= 15 is 0 Å². The largest absolute Gasteiger partial charge is 0.476 e. The Morgan fingerprint density at radius 3 is 2.55 bits per heavy atom. The van der Waals surface area contributed by atoms with Gasteiger partial charge in [0.1, 0.15) is 0 Å². The van der Waals surface area contributed by atoms with Gasteiger partial charge in [0, 0.05) is 32.4 Å². The second kappa shape index (κ2) is 7.78. The molecule has 0 saturated heterocycles. The SMILES string of the molecule is C=CCN(CC=C)C(=O)NCCn1cnc(C(=O)O)c1. The van der Waals surface area contributed by atoms with E-state index in [0.717, 1.165) is 0 Å². The van der Waals surface area contributed by atoms with E-state index in [2.05, 4.69) is 23.5 Å². The Balaban J connectivity index is 2.41. The maximum atomic E-state index is 11.8. The van der Waals surface area contributed by atoms with Gasteiger partial charge < -0.3 is 19.9 Å². The van der Waals surface area contributed by atoms with E-state index in [0.29, 0.717) is 26.2 Å². The number of carboxylic acids is 1. The Morgan fingerprint density at radius 2 is 2.05 bits per heavy atom. The van der Waals surface area contributed by atoms with Crippen LogP contribution >= 0.6 is 0 Å². The summed E-state index contributed by atoms with van der Waals surface area (Å²) < 4.78 is 1.61. The number of aromatic carboxylic acids is 1. The van der Waals surface area contributed by atoms with Crippen molar-refractivity contribution in [1.29, 1.82) is 0 Å². The van der Waals surface area contributed by atoms with Crippen LogP contribution in [0, 0.1) is 0 Å². The van der Waals surface area contributed by atoms with E-state index in [4.69, 9.17) is 5.11 Å². The van der Waals surface area contributed by atoms with E-state index in [-0.39, 0.29) is 11.7 Å². The number of nitrogens with one attached hydrogen (secondary N) is 1. The first-order valence-corrected chi connectivity index (χ1v) is 6.08. The van der Waals surface area contributed by atoms with Gasteiger partial charge in [-0.2, -0.15) is 0 Å². The highest BCUT2D eigenvalue weighted by molar-refractivity contribution is 5.84. The molecule has 7 nitrogen and oxygen atoms in total. The van der Waals surface area contributed by atoms with E-state index in [9.17, 15) is 9.59 Å². The Labute approximate surface area is 117 Å². The molecule has 7 heteroatoms. The lowest BCUT2D eigenvalue weighted by Crippen LogP contribution is -2.41. The summed E-state index contributed by atoms with van der Waals surface area (Å²) in [6.07, 6.45) is 6.11. The number of carboxylic acid groups (broad SMARTS) is 1. The van der Waals surface area contributed by atoms with Crippen molar-refractivity contribution in [3.05, 3.63) is 43.5 Å². The molecule has 0 saturated carbocycles. The zero-order valence-corrected chi connectivity index (χ0v) is 11.2. The molecule has 0 bridgehead atoms. The lowest BCUT2D eigenvalue weighted by molar-refractivity contribution is 0.0691. The molecule has 0 aliphatic rings. The van der Waals surface area contributed by atoms with Crippen molar-refractivity contribution in [2.24, 2.45) is 0 Å². The molecule has 0 radical (unpaired) electrons. The summed E-state index contributed by atoms with van der Waals surface area (Å²) in [6.45, 7) is 8.87. The minimum Gasteiger partial charge on any atom is -0.476 e. The van der Waals surface area contributed by atoms with Crippen LogP contribution in [0.4, 0.5) is 4.79 Å². The average Bonchev–Trinajstić information content (AvgIpc) is 2.87. The van der Waals surface area contributed by atoms with Crippen LogP contribution in [0.25, 0.3) is 0 Å². The van der Waals surface area contributed by atoms with Crippen LogP contribution in [-0.4, -0.2) is 51.2 Å². The molecular formula is C13H18N4O3. The minimum absolute atomic E-state index is 0.0173. The number of nitrogens with zero attached hydrogens (tertiary/aromatic N) is 3. The Morgan fingerprint density at radius 1 is 1.40 bits per heavy atom.